The van der Waals surface area contributed by atoms with Crippen molar-refractivity contribution >= 4 is 5.91 Å². The SMILES string of the molecule is CCc1c(C(=O)NC[C@H]2CCC[C@@H](CO)C2)cnn1C(C)(C)C. The standard InChI is InChI=1S/C18H31N3O2/c1-5-16-15(11-20-21(16)18(2,3)4)17(23)19-10-13-7-6-8-14(9-13)12-22/h11,13-14,22H,5-10,12H2,1-4H3,(H,19,23)/t13-,14+/m0/s1. The van der Waals surface area contributed by atoms with Gasteiger partial charge in [0.1, 0.15) is 0 Å². The molecule has 5 heteroatoms. The molecule has 1 aromatic heterocycles. The van der Waals surface area contributed by atoms with Crippen molar-refractivity contribution in [1.82, 2.24) is 15.1 Å². The normalized spacial score (nSPS) is 22.1. The maximum absolute atomic E-state index is 12.5. The molecule has 1 saturated carbocycles. The van der Waals surface area contributed by atoms with Gasteiger partial charge in [-0.25, -0.2) is 0 Å². The van der Waals surface area contributed by atoms with E-state index in [1.165, 1.54) is 0 Å². The molecular weight excluding hydrogens is 290 g/mol. The average molecular weight is 321 g/mol. The Bertz CT molecular complexity index is 531. The smallest absolute Gasteiger partial charge is 0.254 e. The number of aliphatic hydroxyl groups is 1. The first-order valence-electron chi connectivity index (χ1n) is 8.83. The van der Waals surface area contributed by atoms with Crippen molar-refractivity contribution in [3.63, 3.8) is 0 Å². The van der Waals surface area contributed by atoms with Gasteiger partial charge in [-0.15, -0.1) is 0 Å². The van der Waals surface area contributed by atoms with Gasteiger partial charge >= 0.3 is 0 Å². The third-order valence-electron chi connectivity index (χ3n) is 4.78. The number of rotatable bonds is 5. The van der Waals surface area contributed by atoms with Gasteiger partial charge in [-0.1, -0.05) is 13.3 Å². The highest BCUT2D eigenvalue weighted by Gasteiger charge is 2.25. The van der Waals surface area contributed by atoms with Crippen LogP contribution < -0.4 is 5.32 Å². The van der Waals surface area contributed by atoms with Crippen LogP contribution in [-0.4, -0.2) is 33.9 Å². The van der Waals surface area contributed by atoms with Crippen LogP contribution in [0.5, 0.6) is 0 Å². The number of aliphatic hydroxyl groups excluding tert-OH is 1. The molecule has 0 radical (unpaired) electrons. The van der Waals surface area contributed by atoms with Gasteiger partial charge in [0, 0.05) is 13.2 Å². The zero-order valence-corrected chi connectivity index (χ0v) is 14.9. The van der Waals surface area contributed by atoms with E-state index in [9.17, 15) is 9.90 Å². The molecule has 2 atom stereocenters. The predicted octanol–water partition coefficient (Wildman–Crippen LogP) is 2.73. The summed E-state index contributed by atoms with van der Waals surface area (Å²) < 4.78 is 1.95. The molecule has 0 aromatic carbocycles. The van der Waals surface area contributed by atoms with E-state index in [0.29, 0.717) is 23.9 Å². The minimum atomic E-state index is -0.123. The Kier molecular flexibility index (Phi) is 5.84. The van der Waals surface area contributed by atoms with Gasteiger partial charge in [0.15, 0.2) is 0 Å². The molecule has 1 aromatic rings. The fourth-order valence-corrected chi connectivity index (χ4v) is 3.57. The number of nitrogens with one attached hydrogen (secondary N) is 1. The van der Waals surface area contributed by atoms with Crippen molar-refractivity contribution in [2.45, 2.75) is 65.3 Å². The highest BCUT2D eigenvalue weighted by atomic mass is 16.3. The fraction of sp³-hybridized carbons (Fsp3) is 0.778. The number of carbonyl (C=O) groups excluding carboxylic acids is 1. The molecule has 5 nitrogen and oxygen atoms in total. The van der Waals surface area contributed by atoms with Crippen LogP contribution >= 0.6 is 0 Å². The first-order valence-corrected chi connectivity index (χ1v) is 8.83. The molecule has 23 heavy (non-hydrogen) atoms. The van der Waals surface area contributed by atoms with Crippen molar-refractivity contribution in [3.05, 3.63) is 17.5 Å². The maximum atomic E-state index is 12.5. The molecule has 0 bridgehead atoms. The molecule has 0 saturated heterocycles. The molecule has 1 amide bonds. The second-order valence-electron chi connectivity index (χ2n) is 7.73. The van der Waals surface area contributed by atoms with Crippen molar-refractivity contribution in [2.75, 3.05) is 13.2 Å². The summed E-state index contributed by atoms with van der Waals surface area (Å²) in [5.74, 6) is 0.858. The maximum Gasteiger partial charge on any atom is 0.254 e. The third kappa shape index (κ3) is 4.34. The Morgan fingerprint density at radius 2 is 2.09 bits per heavy atom. The summed E-state index contributed by atoms with van der Waals surface area (Å²) in [6.45, 7) is 9.30. The van der Waals surface area contributed by atoms with E-state index in [1.807, 2.05) is 4.68 Å². The Morgan fingerprint density at radius 3 is 2.70 bits per heavy atom. The van der Waals surface area contributed by atoms with Crippen LogP contribution in [0.2, 0.25) is 0 Å². The molecule has 2 rings (SSSR count). The lowest BCUT2D eigenvalue weighted by atomic mass is 9.82. The van der Waals surface area contributed by atoms with Gasteiger partial charge in [-0.3, -0.25) is 9.48 Å². The highest BCUT2D eigenvalue weighted by Crippen LogP contribution is 2.28. The quantitative estimate of drug-likeness (QED) is 0.876. The summed E-state index contributed by atoms with van der Waals surface area (Å²) in [7, 11) is 0. The number of hydrogen-bond acceptors (Lipinski definition) is 3. The Balaban J connectivity index is 2.00. The molecule has 1 aliphatic rings. The summed E-state index contributed by atoms with van der Waals surface area (Å²) in [4.78, 5) is 12.5. The van der Waals surface area contributed by atoms with E-state index >= 15 is 0 Å². The molecule has 1 fully saturated rings. The van der Waals surface area contributed by atoms with Crippen LogP contribution in [0, 0.1) is 11.8 Å². The fourth-order valence-electron chi connectivity index (χ4n) is 3.57. The first kappa shape index (κ1) is 18.0. The Labute approximate surface area is 139 Å². The monoisotopic (exact) mass is 321 g/mol. The third-order valence-corrected chi connectivity index (χ3v) is 4.78. The van der Waals surface area contributed by atoms with E-state index in [0.717, 1.165) is 37.8 Å². The lowest BCUT2D eigenvalue weighted by Crippen LogP contribution is -2.33. The molecule has 1 heterocycles. The number of hydrogen-bond donors (Lipinski definition) is 2. The number of nitrogens with zero attached hydrogens (tertiary/aromatic N) is 2. The first-order chi connectivity index (χ1) is 10.9. The molecule has 2 N–H and O–H groups in total. The van der Waals surface area contributed by atoms with E-state index in [4.69, 9.17) is 0 Å². The topological polar surface area (TPSA) is 67.2 Å². The second-order valence-corrected chi connectivity index (χ2v) is 7.73. The molecule has 0 aliphatic heterocycles. The molecule has 1 aliphatic carbocycles. The van der Waals surface area contributed by atoms with Crippen LogP contribution in [0.3, 0.4) is 0 Å². The van der Waals surface area contributed by atoms with E-state index in [1.54, 1.807) is 6.20 Å². The average Bonchev–Trinajstić information content (AvgIpc) is 2.97. The molecule has 0 spiro atoms. The number of aromatic nitrogens is 2. The van der Waals surface area contributed by atoms with Gasteiger partial charge in [0.2, 0.25) is 0 Å². The largest absolute Gasteiger partial charge is 0.396 e. The predicted molar refractivity (Wildman–Crippen MR) is 91.5 cm³/mol. The van der Waals surface area contributed by atoms with Crippen molar-refractivity contribution in [1.29, 1.82) is 0 Å². The second kappa shape index (κ2) is 7.47. The summed E-state index contributed by atoms with van der Waals surface area (Å²) in [5.41, 5.74) is 1.56. The zero-order chi connectivity index (χ0) is 17.0. The molecular formula is C18H31N3O2. The van der Waals surface area contributed by atoms with Gasteiger partial charge in [0.25, 0.3) is 5.91 Å². The van der Waals surface area contributed by atoms with Crippen molar-refractivity contribution < 1.29 is 9.90 Å². The lowest BCUT2D eigenvalue weighted by molar-refractivity contribution is 0.0933. The number of amides is 1. The van der Waals surface area contributed by atoms with Crippen LogP contribution in [-0.2, 0) is 12.0 Å². The molecule has 0 unspecified atom stereocenters. The van der Waals surface area contributed by atoms with Crippen LogP contribution in [0.4, 0.5) is 0 Å². The summed E-state index contributed by atoms with van der Waals surface area (Å²) in [6.07, 6.45) is 6.89. The summed E-state index contributed by atoms with van der Waals surface area (Å²) in [6, 6.07) is 0. The Morgan fingerprint density at radius 1 is 1.39 bits per heavy atom. The highest BCUT2D eigenvalue weighted by molar-refractivity contribution is 5.95. The van der Waals surface area contributed by atoms with Crippen LogP contribution in [0.1, 0.15) is 69.4 Å². The van der Waals surface area contributed by atoms with Crippen LogP contribution in [0.15, 0.2) is 6.20 Å². The van der Waals surface area contributed by atoms with E-state index < -0.39 is 0 Å². The van der Waals surface area contributed by atoms with Crippen LogP contribution in [0.25, 0.3) is 0 Å². The summed E-state index contributed by atoms with van der Waals surface area (Å²) >= 11 is 0. The molecule has 130 valence electrons. The van der Waals surface area contributed by atoms with Crippen molar-refractivity contribution in [2.24, 2.45) is 11.8 Å². The summed E-state index contributed by atoms with van der Waals surface area (Å²) in [5, 5.41) is 16.8. The van der Waals surface area contributed by atoms with E-state index in [2.05, 4.69) is 38.1 Å². The minimum absolute atomic E-state index is 0.0246. The van der Waals surface area contributed by atoms with Gasteiger partial charge in [0.05, 0.1) is 23.0 Å². The van der Waals surface area contributed by atoms with Gasteiger partial charge in [-0.2, -0.15) is 5.10 Å². The van der Waals surface area contributed by atoms with Gasteiger partial charge in [-0.05, 0) is 58.3 Å². The van der Waals surface area contributed by atoms with E-state index in [-0.39, 0.29) is 18.1 Å². The van der Waals surface area contributed by atoms with Crippen molar-refractivity contribution in [3.8, 4) is 0 Å². The van der Waals surface area contributed by atoms with Gasteiger partial charge < -0.3 is 10.4 Å². The zero-order valence-electron chi connectivity index (χ0n) is 14.9. The lowest BCUT2D eigenvalue weighted by Gasteiger charge is -2.28. The minimum Gasteiger partial charge on any atom is -0.396 e. The number of carbonyl (C=O) groups is 1. The Hall–Kier alpha value is -1.36.